The Hall–Kier alpha value is -2.90. The molecule has 26 heavy (non-hydrogen) atoms. The first-order chi connectivity index (χ1) is 12.5. The van der Waals surface area contributed by atoms with E-state index in [9.17, 15) is 13.2 Å². The minimum absolute atomic E-state index is 0.00608. The highest BCUT2D eigenvalue weighted by Crippen LogP contribution is 2.35. The summed E-state index contributed by atoms with van der Waals surface area (Å²) in [5.74, 6) is 0.00608. The summed E-state index contributed by atoms with van der Waals surface area (Å²) in [6.45, 7) is 2.19. The number of fused-ring (bicyclic) bond motifs is 1. The molecule has 8 heteroatoms. The molecule has 1 saturated heterocycles. The van der Waals surface area contributed by atoms with E-state index in [2.05, 4.69) is 19.9 Å². The number of anilines is 2. The fourth-order valence-corrected chi connectivity index (χ4v) is 3.22. The minimum atomic E-state index is -4.40. The maximum atomic E-state index is 13.2. The minimum Gasteiger partial charge on any atom is -0.368 e. The number of hydrogen-bond acceptors (Lipinski definition) is 5. The van der Waals surface area contributed by atoms with Crippen LogP contribution in [0.1, 0.15) is 5.56 Å². The van der Waals surface area contributed by atoms with Crippen molar-refractivity contribution in [3.05, 3.63) is 54.6 Å². The molecular weight excluding hydrogens is 343 g/mol. The molecule has 3 heterocycles. The summed E-state index contributed by atoms with van der Waals surface area (Å²) in [7, 11) is 0. The Bertz CT molecular complexity index is 920. The number of rotatable bonds is 2. The number of nitrogens with zero attached hydrogens (tertiary/aromatic N) is 5. The number of aromatic nitrogens is 3. The number of alkyl halides is 3. The smallest absolute Gasteiger partial charge is 0.368 e. The zero-order valence-electron chi connectivity index (χ0n) is 13.8. The van der Waals surface area contributed by atoms with Crippen LogP contribution in [0.15, 0.2) is 49.1 Å². The monoisotopic (exact) mass is 359 g/mol. The quantitative estimate of drug-likeness (QED) is 0.702. The van der Waals surface area contributed by atoms with Crippen molar-refractivity contribution in [3.8, 4) is 0 Å². The summed E-state index contributed by atoms with van der Waals surface area (Å²) < 4.78 is 39.6. The van der Waals surface area contributed by atoms with Gasteiger partial charge in [0.05, 0.1) is 11.1 Å². The first kappa shape index (κ1) is 16.6. The Morgan fingerprint density at radius 3 is 2.46 bits per heavy atom. The van der Waals surface area contributed by atoms with Crippen molar-refractivity contribution in [2.24, 2.45) is 0 Å². The molecule has 0 saturated carbocycles. The molecule has 2 aromatic heterocycles. The lowest BCUT2D eigenvalue weighted by atomic mass is 10.1. The van der Waals surface area contributed by atoms with E-state index in [1.165, 1.54) is 18.6 Å². The summed E-state index contributed by atoms with van der Waals surface area (Å²) in [5, 5.41) is 0.941. The van der Waals surface area contributed by atoms with Gasteiger partial charge in [0.25, 0.3) is 0 Å². The van der Waals surface area contributed by atoms with Crippen molar-refractivity contribution in [1.82, 2.24) is 15.0 Å². The van der Waals surface area contributed by atoms with Gasteiger partial charge in [-0.25, -0.2) is 15.0 Å². The van der Waals surface area contributed by atoms with Crippen LogP contribution in [-0.2, 0) is 6.18 Å². The van der Waals surface area contributed by atoms with Crippen LogP contribution in [0.4, 0.5) is 24.7 Å². The zero-order valence-corrected chi connectivity index (χ0v) is 13.8. The van der Waals surface area contributed by atoms with E-state index in [0.717, 1.165) is 22.7 Å². The van der Waals surface area contributed by atoms with E-state index in [4.69, 9.17) is 0 Å². The molecule has 4 rings (SSSR count). The number of pyridine rings is 1. The largest absolute Gasteiger partial charge is 0.419 e. The average Bonchev–Trinajstić information content (AvgIpc) is 2.67. The zero-order chi connectivity index (χ0) is 18.1. The van der Waals surface area contributed by atoms with Crippen molar-refractivity contribution in [2.45, 2.75) is 6.18 Å². The lowest BCUT2D eigenvalue weighted by Gasteiger charge is -2.37. The highest BCUT2D eigenvalue weighted by atomic mass is 19.4. The van der Waals surface area contributed by atoms with Gasteiger partial charge in [-0.15, -0.1) is 0 Å². The predicted octanol–water partition coefficient (Wildman–Crippen LogP) is 3.37. The van der Waals surface area contributed by atoms with E-state index in [-0.39, 0.29) is 5.82 Å². The van der Waals surface area contributed by atoms with Crippen LogP contribution in [0, 0.1) is 0 Å². The fraction of sp³-hybridized carbons (Fsp3) is 0.278. The Morgan fingerprint density at radius 2 is 1.69 bits per heavy atom. The van der Waals surface area contributed by atoms with E-state index in [1.807, 2.05) is 18.2 Å². The Balaban J connectivity index is 1.52. The third-order valence-corrected chi connectivity index (χ3v) is 4.52. The number of piperazine rings is 1. The Morgan fingerprint density at radius 1 is 0.923 bits per heavy atom. The molecule has 5 nitrogen and oxygen atoms in total. The summed E-state index contributed by atoms with van der Waals surface area (Å²) in [6.07, 6.45) is 0.261. The van der Waals surface area contributed by atoms with Crippen molar-refractivity contribution >= 4 is 22.4 Å². The second kappa shape index (κ2) is 6.44. The highest BCUT2D eigenvalue weighted by molar-refractivity contribution is 5.81. The standard InChI is InChI=1S/C18H16F3N5/c19-18(20,21)15-2-1-5-23-17(15)26-8-6-25(7-9-26)14-3-4-16-13(10-14)11-22-12-24-16/h1-5,10-12H,6-9H2. The molecule has 134 valence electrons. The molecule has 1 aromatic carbocycles. The van der Waals surface area contributed by atoms with Crippen molar-refractivity contribution in [2.75, 3.05) is 36.0 Å². The van der Waals surface area contributed by atoms with Crippen LogP contribution >= 0.6 is 0 Å². The van der Waals surface area contributed by atoms with Gasteiger partial charge in [-0.05, 0) is 30.3 Å². The first-order valence-electron chi connectivity index (χ1n) is 8.24. The van der Waals surface area contributed by atoms with Gasteiger partial charge in [-0.2, -0.15) is 13.2 Å². The van der Waals surface area contributed by atoms with Gasteiger partial charge in [0, 0.05) is 49.6 Å². The molecule has 0 N–H and O–H groups in total. The van der Waals surface area contributed by atoms with Crippen LogP contribution in [0.2, 0.25) is 0 Å². The van der Waals surface area contributed by atoms with Crippen LogP contribution < -0.4 is 9.80 Å². The normalized spacial score (nSPS) is 15.5. The second-order valence-corrected chi connectivity index (χ2v) is 6.11. The van der Waals surface area contributed by atoms with Crippen LogP contribution in [0.3, 0.4) is 0 Å². The summed E-state index contributed by atoms with van der Waals surface area (Å²) in [4.78, 5) is 16.1. The van der Waals surface area contributed by atoms with Gasteiger partial charge in [-0.1, -0.05) is 0 Å². The van der Waals surface area contributed by atoms with Gasteiger partial charge < -0.3 is 9.80 Å². The number of hydrogen-bond donors (Lipinski definition) is 0. The van der Waals surface area contributed by atoms with Crippen LogP contribution in [0.25, 0.3) is 10.9 Å². The molecule has 0 atom stereocenters. The SMILES string of the molecule is FC(F)(F)c1cccnc1N1CCN(c2ccc3ncncc3c2)CC1. The summed E-state index contributed by atoms with van der Waals surface area (Å²) >= 11 is 0. The third kappa shape index (κ3) is 3.14. The summed E-state index contributed by atoms with van der Waals surface area (Å²) in [5.41, 5.74) is 1.20. The highest BCUT2D eigenvalue weighted by Gasteiger charge is 2.36. The topological polar surface area (TPSA) is 45.2 Å². The lowest BCUT2D eigenvalue weighted by Crippen LogP contribution is -2.47. The molecule has 0 radical (unpaired) electrons. The molecule has 0 spiro atoms. The predicted molar refractivity (Wildman–Crippen MR) is 93.2 cm³/mol. The van der Waals surface area contributed by atoms with E-state index >= 15 is 0 Å². The van der Waals surface area contributed by atoms with Crippen LogP contribution in [0.5, 0.6) is 0 Å². The van der Waals surface area contributed by atoms with Gasteiger partial charge in [-0.3, -0.25) is 0 Å². The van der Waals surface area contributed by atoms with Gasteiger partial charge in [0.2, 0.25) is 0 Å². The van der Waals surface area contributed by atoms with Crippen molar-refractivity contribution in [3.63, 3.8) is 0 Å². The van der Waals surface area contributed by atoms with E-state index in [0.29, 0.717) is 26.2 Å². The molecule has 3 aromatic rings. The van der Waals surface area contributed by atoms with E-state index < -0.39 is 11.7 Å². The molecule has 0 amide bonds. The lowest BCUT2D eigenvalue weighted by molar-refractivity contribution is -0.137. The third-order valence-electron chi connectivity index (χ3n) is 4.52. The molecule has 0 bridgehead atoms. The molecule has 1 aliphatic heterocycles. The molecule has 0 aliphatic carbocycles. The summed E-state index contributed by atoms with van der Waals surface area (Å²) in [6, 6.07) is 8.32. The van der Waals surface area contributed by atoms with Gasteiger partial charge in [0.1, 0.15) is 12.1 Å². The van der Waals surface area contributed by atoms with Gasteiger partial charge >= 0.3 is 6.18 Å². The average molecular weight is 359 g/mol. The maximum absolute atomic E-state index is 13.2. The fourth-order valence-electron chi connectivity index (χ4n) is 3.22. The molecule has 1 fully saturated rings. The molecular formula is C18H16F3N5. The van der Waals surface area contributed by atoms with Crippen molar-refractivity contribution < 1.29 is 13.2 Å². The van der Waals surface area contributed by atoms with Crippen molar-refractivity contribution in [1.29, 1.82) is 0 Å². The molecule has 0 unspecified atom stereocenters. The van der Waals surface area contributed by atoms with Gasteiger partial charge in [0.15, 0.2) is 0 Å². The number of halogens is 3. The maximum Gasteiger partial charge on any atom is 0.419 e. The van der Waals surface area contributed by atoms with E-state index in [1.54, 1.807) is 11.1 Å². The first-order valence-corrected chi connectivity index (χ1v) is 8.24. The number of benzene rings is 1. The Labute approximate surface area is 148 Å². The van der Waals surface area contributed by atoms with Crippen LogP contribution in [-0.4, -0.2) is 41.1 Å². The second-order valence-electron chi connectivity index (χ2n) is 6.11. The molecule has 1 aliphatic rings. The Kier molecular flexibility index (Phi) is 4.10.